The first kappa shape index (κ1) is 16.4. The standard InChI is InChI=1S/C20H18N4OS/c1-12-9-14(21-13(2)25)7-8-17(12)22-20-10-18(23-24-20)16-11-26-19-6-4-3-5-15(16)19/h3-11H,1-2H3,(H,21,25)(H2,22,23,24). The van der Waals surface area contributed by atoms with Crippen molar-refractivity contribution in [2.24, 2.45) is 0 Å². The summed E-state index contributed by atoms with van der Waals surface area (Å²) in [6, 6.07) is 16.1. The van der Waals surface area contributed by atoms with Crippen LogP contribution in [0.25, 0.3) is 21.3 Å². The fraction of sp³-hybridized carbons (Fsp3) is 0.100. The summed E-state index contributed by atoms with van der Waals surface area (Å²) in [4.78, 5) is 11.2. The fourth-order valence-corrected chi connectivity index (χ4v) is 3.89. The Kier molecular flexibility index (Phi) is 4.18. The molecule has 5 nitrogen and oxygen atoms in total. The first-order chi connectivity index (χ1) is 12.6. The molecule has 0 aliphatic carbocycles. The molecule has 26 heavy (non-hydrogen) atoms. The van der Waals surface area contributed by atoms with Crippen molar-refractivity contribution in [1.82, 2.24) is 10.2 Å². The van der Waals surface area contributed by atoms with Gasteiger partial charge >= 0.3 is 0 Å². The van der Waals surface area contributed by atoms with Gasteiger partial charge in [-0.1, -0.05) is 18.2 Å². The van der Waals surface area contributed by atoms with Gasteiger partial charge in [0.15, 0.2) is 5.82 Å². The van der Waals surface area contributed by atoms with Gasteiger partial charge in [-0.25, -0.2) is 0 Å². The molecule has 2 aromatic heterocycles. The Bertz CT molecular complexity index is 1100. The summed E-state index contributed by atoms with van der Waals surface area (Å²) in [7, 11) is 0. The van der Waals surface area contributed by atoms with Gasteiger partial charge in [0.2, 0.25) is 5.91 Å². The lowest BCUT2D eigenvalue weighted by molar-refractivity contribution is -0.114. The molecule has 0 saturated carbocycles. The zero-order valence-electron chi connectivity index (χ0n) is 14.5. The lowest BCUT2D eigenvalue weighted by Gasteiger charge is -2.09. The van der Waals surface area contributed by atoms with E-state index < -0.39 is 0 Å². The summed E-state index contributed by atoms with van der Waals surface area (Å²) in [6.07, 6.45) is 0. The molecule has 0 unspecified atom stereocenters. The number of rotatable bonds is 4. The van der Waals surface area contributed by atoms with E-state index in [0.717, 1.165) is 34.0 Å². The molecule has 0 radical (unpaired) electrons. The summed E-state index contributed by atoms with van der Waals surface area (Å²) in [6.45, 7) is 3.49. The van der Waals surface area contributed by atoms with Crippen molar-refractivity contribution < 1.29 is 4.79 Å². The number of amides is 1. The molecule has 0 atom stereocenters. The number of aromatic amines is 1. The number of nitrogens with one attached hydrogen (secondary N) is 3. The van der Waals surface area contributed by atoms with Gasteiger partial charge in [0.1, 0.15) is 0 Å². The summed E-state index contributed by atoms with van der Waals surface area (Å²) >= 11 is 1.73. The summed E-state index contributed by atoms with van der Waals surface area (Å²) in [5.41, 5.74) is 4.91. The van der Waals surface area contributed by atoms with Gasteiger partial charge in [-0.15, -0.1) is 11.3 Å². The van der Waals surface area contributed by atoms with Crippen molar-refractivity contribution in [3.05, 3.63) is 59.5 Å². The van der Waals surface area contributed by atoms with Crippen molar-refractivity contribution >= 4 is 44.5 Å². The van der Waals surface area contributed by atoms with E-state index in [2.05, 4.69) is 44.4 Å². The number of carbonyl (C=O) groups excluding carboxylic acids is 1. The zero-order valence-corrected chi connectivity index (χ0v) is 15.3. The van der Waals surface area contributed by atoms with Crippen molar-refractivity contribution in [2.45, 2.75) is 13.8 Å². The zero-order chi connectivity index (χ0) is 18.1. The van der Waals surface area contributed by atoms with Crippen LogP contribution in [0.1, 0.15) is 12.5 Å². The van der Waals surface area contributed by atoms with E-state index in [1.54, 1.807) is 11.3 Å². The highest BCUT2D eigenvalue weighted by molar-refractivity contribution is 7.17. The minimum atomic E-state index is -0.0787. The molecule has 0 fully saturated rings. The van der Waals surface area contributed by atoms with Crippen molar-refractivity contribution in [2.75, 3.05) is 10.6 Å². The molecule has 0 aliphatic rings. The molecule has 0 bridgehead atoms. The van der Waals surface area contributed by atoms with Crippen molar-refractivity contribution in [3.63, 3.8) is 0 Å². The number of hydrogen-bond acceptors (Lipinski definition) is 4. The van der Waals surface area contributed by atoms with Gasteiger partial charge in [0, 0.05) is 45.4 Å². The topological polar surface area (TPSA) is 69.8 Å². The number of benzene rings is 2. The normalized spacial score (nSPS) is 10.8. The van der Waals surface area contributed by atoms with E-state index in [-0.39, 0.29) is 5.91 Å². The number of anilines is 3. The lowest BCUT2D eigenvalue weighted by Crippen LogP contribution is -2.06. The number of aromatic nitrogens is 2. The van der Waals surface area contributed by atoms with Crippen LogP contribution in [0.4, 0.5) is 17.2 Å². The predicted molar refractivity (Wildman–Crippen MR) is 108 cm³/mol. The molecular formula is C20H18N4OS. The molecule has 0 aliphatic heterocycles. The molecule has 1 amide bonds. The second kappa shape index (κ2) is 6.65. The van der Waals surface area contributed by atoms with Crippen LogP contribution in [0.2, 0.25) is 0 Å². The quantitative estimate of drug-likeness (QED) is 0.461. The van der Waals surface area contributed by atoms with Gasteiger partial charge < -0.3 is 10.6 Å². The van der Waals surface area contributed by atoms with Crippen molar-refractivity contribution in [1.29, 1.82) is 0 Å². The van der Waals surface area contributed by atoms with Crippen LogP contribution in [0.15, 0.2) is 53.9 Å². The highest BCUT2D eigenvalue weighted by atomic mass is 32.1. The average Bonchev–Trinajstić information content (AvgIpc) is 3.23. The molecule has 4 aromatic rings. The van der Waals surface area contributed by atoms with E-state index in [1.165, 1.54) is 17.0 Å². The van der Waals surface area contributed by atoms with Crippen molar-refractivity contribution in [3.8, 4) is 11.3 Å². The highest BCUT2D eigenvalue weighted by Gasteiger charge is 2.10. The molecule has 0 saturated heterocycles. The maximum absolute atomic E-state index is 11.2. The maximum atomic E-state index is 11.2. The predicted octanol–water partition coefficient (Wildman–Crippen LogP) is 5.30. The van der Waals surface area contributed by atoms with Gasteiger partial charge in [-0.3, -0.25) is 9.89 Å². The third-order valence-corrected chi connectivity index (χ3v) is 5.12. The average molecular weight is 362 g/mol. The fourth-order valence-electron chi connectivity index (χ4n) is 2.93. The van der Waals surface area contributed by atoms with Crippen LogP contribution in [-0.2, 0) is 4.79 Å². The summed E-state index contributed by atoms with van der Waals surface area (Å²) < 4.78 is 1.26. The van der Waals surface area contributed by atoms with E-state index in [4.69, 9.17) is 0 Å². The largest absolute Gasteiger partial charge is 0.339 e. The molecule has 130 valence electrons. The second-order valence-corrected chi connectivity index (χ2v) is 7.06. The Morgan fingerprint density at radius 1 is 1.15 bits per heavy atom. The van der Waals surface area contributed by atoms with E-state index in [0.29, 0.717) is 0 Å². The summed E-state index contributed by atoms with van der Waals surface area (Å²) in [5, 5.41) is 17.0. The molecule has 3 N–H and O–H groups in total. The molecular weight excluding hydrogens is 344 g/mol. The monoisotopic (exact) mass is 362 g/mol. The first-order valence-corrected chi connectivity index (χ1v) is 9.15. The van der Waals surface area contributed by atoms with E-state index in [9.17, 15) is 4.79 Å². The van der Waals surface area contributed by atoms with Gasteiger partial charge in [0.25, 0.3) is 0 Å². The van der Waals surface area contributed by atoms with Crippen LogP contribution in [-0.4, -0.2) is 16.1 Å². The minimum Gasteiger partial charge on any atom is -0.339 e. The Balaban J connectivity index is 1.58. The molecule has 6 heteroatoms. The number of fused-ring (bicyclic) bond motifs is 1. The van der Waals surface area contributed by atoms with Crippen LogP contribution in [0, 0.1) is 6.92 Å². The first-order valence-electron chi connectivity index (χ1n) is 8.27. The van der Waals surface area contributed by atoms with E-state index >= 15 is 0 Å². The number of thiophene rings is 1. The van der Waals surface area contributed by atoms with Crippen LogP contribution in [0.5, 0.6) is 0 Å². The number of carbonyl (C=O) groups is 1. The van der Waals surface area contributed by atoms with Crippen LogP contribution >= 0.6 is 11.3 Å². The lowest BCUT2D eigenvalue weighted by atomic mass is 10.1. The number of aryl methyl sites for hydroxylation is 1. The molecule has 0 spiro atoms. The van der Waals surface area contributed by atoms with Gasteiger partial charge in [0.05, 0.1) is 5.69 Å². The number of hydrogen-bond donors (Lipinski definition) is 3. The number of H-pyrrole nitrogens is 1. The van der Waals surface area contributed by atoms with Crippen LogP contribution in [0.3, 0.4) is 0 Å². The summed E-state index contributed by atoms with van der Waals surface area (Å²) in [5.74, 6) is 0.677. The molecule has 2 heterocycles. The van der Waals surface area contributed by atoms with Crippen LogP contribution < -0.4 is 10.6 Å². The molecule has 2 aromatic carbocycles. The van der Waals surface area contributed by atoms with Gasteiger partial charge in [-0.05, 0) is 36.8 Å². The highest BCUT2D eigenvalue weighted by Crippen LogP contribution is 2.34. The van der Waals surface area contributed by atoms with E-state index in [1.807, 2.05) is 37.3 Å². The minimum absolute atomic E-state index is 0.0787. The Hall–Kier alpha value is -3.12. The Morgan fingerprint density at radius 3 is 2.81 bits per heavy atom. The number of nitrogens with zero attached hydrogens (tertiary/aromatic N) is 1. The third-order valence-electron chi connectivity index (χ3n) is 4.16. The van der Waals surface area contributed by atoms with Gasteiger partial charge in [-0.2, -0.15) is 5.10 Å². The Morgan fingerprint density at radius 2 is 2.00 bits per heavy atom. The smallest absolute Gasteiger partial charge is 0.221 e. The maximum Gasteiger partial charge on any atom is 0.221 e. The SMILES string of the molecule is CC(=O)Nc1ccc(Nc2cc(-c3csc4ccccc34)[nH]n2)c(C)c1. The Labute approximate surface area is 155 Å². The second-order valence-electron chi connectivity index (χ2n) is 6.15. The third kappa shape index (κ3) is 3.19. The molecule has 4 rings (SSSR count).